The van der Waals surface area contributed by atoms with E-state index in [0.717, 1.165) is 39.3 Å². The van der Waals surface area contributed by atoms with Crippen molar-refractivity contribution < 1.29 is 9.53 Å². The van der Waals surface area contributed by atoms with E-state index in [-0.39, 0.29) is 5.91 Å². The second-order valence-corrected chi connectivity index (χ2v) is 7.22. The van der Waals surface area contributed by atoms with E-state index in [0.29, 0.717) is 11.6 Å². The molecule has 3 aromatic rings. The van der Waals surface area contributed by atoms with Gasteiger partial charge in [-0.3, -0.25) is 4.79 Å². The van der Waals surface area contributed by atoms with Crippen molar-refractivity contribution in [3.05, 3.63) is 82.4 Å². The van der Waals surface area contributed by atoms with Crippen LogP contribution in [-0.2, 0) is 11.3 Å². The lowest BCUT2D eigenvalue weighted by Crippen LogP contribution is -2.29. The van der Waals surface area contributed by atoms with Crippen molar-refractivity contribution in [2.45, 2.75) is 13.5 Å². The van der Waals surface area contributed by atoms with Gasteiger partial charge in [-0.2, -0.15) is 0 Å². The van der Waals surface area contributed by atoms with Crippen LogP contribution < -0.4 is 9.64 Å². The summed E-state index contributed by atoms with van der Waals surface area (Å²) in [5.74, 6) is 0.829. The Morgan fingerprint density at radius 2 is 1.64 bits per heavy atom. The number of halogens is 1. The Hall–Kier alpha value is -3.04. The Morgan fingerprint density at radius 3 is 2.36 bits per heavy atom. The minimum Gasteiger partial charge on any atom is -0.497 e. The Bertz CT molecular complexity index is 1070. The fraction of sp³-hybridized carbons (Fsp3) is 0.125. The molecule has 0 radical (unpaired) electrons. The van der Waals surface area contributed by atoms with Gasteiger partial charge in [0.2, 0.25) is 5.91 Å². The van der Waals surface area contributed by atoms with Gasteiger partial charge in [0.15, 0.2) is 0 Å². The van der Waals surface area contributed by atoms with E-state index in [1.54, 1.807) is 18.9 Å². The summed E-state index contributed by atoms with van der Waals surface area (Å²) in [4.78, 5) is 14.2. The summed E-state index contributed by atoms with van der Waals surface area (Å²) in [6.45, 7) is 2.10. The fourth-order valence-electron chi connectivity index (χ4n) is 3.49. The topological polar surface area (TPSA) is 29.5 Å². The van der Waals surface area contributed by atoms with E-state index in [1.165, 1.54) is 0 Å². The van der Waals surface area contributed by atoms with Crippen LogP contribution >= 0.6 is 11.6 Å². The van der Waals surface area contributed by atoms with E-state index in [4.69, 9.17) is 16.3 Å². The zero-order chi connectivity index (χ0) is 19.7. The van der Waals surface area contributed by atoms with Crippen LogP contribution in [0.25, 0.3) is 23.3 Å². The summed E-state index contributed by atoms with van der Waals surface area (Å²) in [7, 11) is 1.66. The van der Waals surface area contributed by atoms with Crippen LogP contribution in [0, 0.1) is 0 Å². The monoisotopic (exact) mass is 389 g/mol. The van der Waals surface area contributed by atoms with E-state index in [2.05, 4.69) is 24.3 Å². The summed E-state index contributed by atoms with van der Waals surface area (Å²) in [6.07, 6.45) is 4.10. The third-order valence-electron chi connectivity index (χ3n) is 5.00. The lowest BCUT2D eigenvalue weighted by atomic mass is 9.96. The molecule has 3 nitrogen and oxygen atoms in total. The van der Waals surface area contributed by atoms with Gasteiger partial charge >= 0.3 is 0 Å². The fourth-order valence-corrected chi connectivity index (χ4v) is 3.67. The molecule has 28 heavy (non-hydrogen) atoms. The molecule has 4 heteroatoms. The molecule has 1 aliphatic rings. The van der Waals surface area contributed by atoms with Crippen LogP contribution in [0.5, 0.6) is 5.75 Å². The molecule has 0 N–H and O–H groups in total. The maximum absolute atomic E-state index is 12.4. The maximum atomic E-state index is 12.4. The number of hydrogen-bond acceptors (Lipinski definition) is 2. The number of carbonyl (C=O) groups is 1. The maximum Gasteiger partial charge on any atom is 0.224 e. The molecule has 140 valence electrons. The van der Waals surface area contributed by atoms with Crippen molar-refractivity contribution in [3.63, 3.8) is 0 Å². The molecular formula is C24H20ClNO2. The first-order chi connectivity index (χ1) is 13.5. The second-order valence-electron chi connectivity index (χ2n) is 6.78. The summed E-state index contributed by atoms with van der Waals surface area (Å²) < 4.78 is 5.25. The third kappa shape index (κ3) is 3.54. The third-order valence-corrected chi connectivity index (χ3v) is 5.23. The molecule has 0 aliphatic carbocycles. The summed E-state index contributed by atoms with van der Waals surface area (Å²) in [5, 5.41) is 0.655. The normalized spacial score (nSPS) is 12.6. The minimum atomic E-state index is -0.000303. The number of methoxy groups -OCH3 is 1. The number of hydrogen-bond donors (Lipinski definition) is 0. The van der Waals surface area contributed by atoms with Crippen LogP contribution in [0.1, 0.15) is 23.6 Å². The summed E-state index contributed by atoms with van der Waals surface area (Å²) in [5.41, 5.74) is 6.21. The summed E-state index contributed by atoms with van der Waals surface area (Å²) in [6, 6.07) is 19.9. The number of carbonyl (C=O) groups excluding carboxylic acids is 1. The molecule has 0 saturated heterocycles. The van der Waals surface area contributed by atoms with Gasteiger partial charge in [0.05, 0.1) is 19.3 Å². The van der Waals surface area contributed by atoms with E-state index in [9.17, 15) is 4.79 Å². The molecule has 0 saturated carbocycles. The van der Waals surface area contributed by atoms with Crippen LogP contribution in [0.15, 0.2) is 60.7 Å². The number of ether oxygens (including phenoxy) is 1. The van der Waals surface area contributed by atoms with Crippen LogP contribution in [0.3, 0.4) is 0 Å². The van der Waals surface area contributed by atoms with Crippen LogP contribution in [0.2, 0.25) is 5.02 Å². The first-order valence-corrected chi connectivity index (χ1v) is 9.46. The van der Waals surface area contributed by atoms with Crippen molar-refractivity contribution >= 4 is 35.3 Å². The molecule has 0 atom stereocenters. The Morgan fingerprint density at radius 1 is 0.929 bits per heavy atom. The molecule has 3 aromatic carbocycles. The highest BCUT2D eigenvalue weighted by atomic mass is 35.5. The SMILES string of the molecule is COc1ccc(-c2ccc3c(c2)CN(C(C)=O)c2ccc(Cl)cc2C=C3)cc1. The average Bonchev–Trinajstić information content (AvgIpc) is 2.69. The Labute approximate surface area is 169 Å². The Balaban J connectivity index is 1.79. The van der Waals surface area contributed by atoms with Crippen molar-refractivity contribution in [1.29, 1.82) is 0 Å². The molecule has 1 heterocycles. The largest absolute Gasteiger partial charge is 0.497 e. The summed E-state index contributed by atoms with van der Waals surface area (Å²) >= 11 is 6.16. The molecule has 0 bridgehead atoms. The molecular weight excluding hydrogens is 370 g/mol. The lowest BCUT2D eigenvalue weighted by molar-refractivity contribution is -0.116. The van der Waals surface area contributed by atoms with Gasteiger partial charge in [-0.05, 0) is 64.2 Å². The first-order valence-electron chi connectivity index (χ1n) is 9.08. The highest BCUT2D eigenvalue weighted by Crippen LogP contribution is 2.33. The van der Waals surface area contributed by atoms with Gasteiger partial charge < -0.3 is 9.64 Å². The van der Waals surface area contributed by atoms with Gasteiger partial charge in [0, 0.05) is 11.9 Å². The number of rotatable bonds is 2. The van der Waals surface area contributed by atoms with Gasteiger partial charge in [-0.1, -0.05) is 48.0 Å². The average molecular weight is 390 g/mol. The molecule has 0 unspecified atom stereocenters. The predicted molar refractivity (Wildman–Crippen MR) is 116 cm³/mol. The molecule has 1 amide bonds. The van der Waals surface area contributed by atoms with Gasteiger partial charge in [0.25, 0.3) is 0 Å². The predicted octanol–water partition coefficient (Wildman–Crippen LogP) is 6.05. The van der Waals surface area contributed by atoms with Crippen molar-refractivity contribution in [3.8, 4) is 16.9 Å². The standard InChI is InChI=1S/C24H20ClNO2/c1-16(27)26-15-21-13-19(17-7-10-23(28-2)11-8-17)5-3-18(21)4-6-20-14-22(25)9-12-24(20)26/h3-14H,15H2,1-2H3. The van der Waals surface area contributed by atoms with Crippen LogP contribution in [-0.4, -0.2) is 13.0 Å². The molecule has 0 aromatic heterocycles. The first kappa shape index (κ1) is 18.3. The highest BCUT2D eigenvalue weighted by molar-refractivity contribution is 6.30. The van der Waals surface area contributed by atoms with Gasteiger partial charge in [-0.15, -0.1) is 0 Å². The number of fused-ring (bicyclic) bond motifs is 2. The minimum absolute atomic E-state index is 0.000303. The second kappa shape index (κ2) is 7.53. The van der Waals surface area contributed by atoms with Gasteiger partial charge in [-0.25, -0.2) is 0 Å². The van der Waals surface area contributed by atoms with Crippen molar-refractivity contribution in [2.24, 2.45) is 0 Å². The smallest absolute Gasteiger partial charge is 0.224 e. The number of nitrogens with zero attached hydrogens (tertiary/aromatic N) is 1. The molecule has 4 rings (SSSR count). The molecule has 1 aliphatic heterocycles. The van der Waals surface area contributed by atoms with Crippen LogP contribution in [0.4, 0.5) is 5.69 Å². The van der Waals surface area contributed by atoms with E-state index < -0.39 is 0 Å². The number of benzene rings is 3. The van der Waals surface area contributed by atoms with E-state index in [1.807, 2.05) is 48.5 Å². The quantitative estimate of drug-likeness (QED) is 0.533. The number of amides is 1. The van der Waals surface area contributed by atoms with Crippen molar-refractivity contribution in [2.75, 3.05) is 12.0 Å². The van der Waals surface area contributed by atoms with Crippen molar-refractivity contribution in [1.82, 2.24) is 0 Å². The zero-order valence-electron chi connectivity index (χ0n) is 15.8. The Kier molecular flexibility index (Phi) is 4.93. The van der Waals surface area contributed by atoms with E-state index >= 15 is 0 Å². The zero-order valence-corrected chi connectivity index (χ0v) is 16.5. The lowest BCUT2D eigenvalue weighted by Gasteiger charge is -2.26. The molecule has 0 spiro atoms. The molecule has 0 fully saturated rings. The number of anilines is 1. The highest BCUT2D eigenvalue weighted by Gasteiger charge is 2.19. The van der Waals surface area contributed by atoms with Gasteiger partial charge in [0.1, 0.15) is 5.75 Å².